The molecule has 2 heterocycles. The Balaban J connectivity index is 1.95. The molecule has 210 valence electrons. The van der Waals surface area contributed by atoms with Crippen molar-refractivity contribution in [1.82, 2.24) is 20.9 Å². The van der Waals surface area contributed by atoms with Gasteiger partial charge in [0.1, 0.15) is 24.5 Å². The predicted molar refractivity (Wildman–Crippen MR) is 142 cm³/mol. The van der Waals surface area contributed by atoms with Gasteiger partial charge in [-0.2, -0.15) is 0 Å². The van der Waals surface area contributed by atoms with Crippen LogP contribution in [0, 0.1) is 0 Å². The fraction of sp³-hybridized carbons (Fsp3) is 0.615. The first-order valence-electron chi connectivity index (χ1n) is 12.9. The Kier molecular flexibility index (Phi) is 13.0. The van der Waals surface area contributed by atoms with Crippen molar-refractivity contribution in [3.8, 4) is 0 Å². The smallest absolute Gasteiger partial charge is 0.326 e. The highest BCUT2D eigenvalue weighted by molar-refractivity contribution is 8.13. The molecule has 1 aliphatic rings. The molecule has 0 saturated carbocycles. The number of rotatable bonds is 10. The third-order valence-corrected chi connectivity index (χ3v) is 6.63. The SMILES string of the molecule is CCCCCCCC(=O)SCC/C=C/C1CC(=O)NCc2nc(co2)C(=O)NC(C)(C)C(=O)NCC(=O)O1. The Morgan fingerprint density at radius 2 is 1.89 bits per heavy atom. The Hall–Kier alpha value is -3.15. The summed E-state index contributed by atoms with van der Waals surface area (Å²) in [5.74, 6) is -1.72. The van der Waals surface area contributed by atoms with Crippen LogP contribution in [0.1, 0.15) is 88.5 Å². The van der Waals surface area contributed by atoms with Gasteiger partial charge in [-0.3, -0.25) is 24.0 Å². The van der Waals surface area contributed by atoms with Crippen molar-refractivity contribution >= 4 is 40.6 Å². The molecule has 0 spiro atoms. The average Bonchev–Trinajstić information content (AvgIpc) is 3.34. The van der Waals surface area contributed by atoms with Crippen molar-refractivity contribution in [3.05, 3.63) is 30.0 Å². The van der Waals surface area contributed by atoms with Gasteiger partial charge in [-0.15, -0.1) is 0 Å². The zero-order chi connectivity index (χ0) is 28.0. The van der Waals surface area contributed by atoms with Gasteiger partial charge < -0.3 is 25.1 Å². The van der Waals surface area contributed by atoms with Crippen molar-refractivity contribution in [2.45, 2.75) is 90.3 Å². The minimum Gasteiger partial charge on any atom is -0.456 e. The van der Waals surface area contributed by atoms with Crippen LogP contribution in [0.15, 0.2) is 22.8 Å². The van der Waals surface area contributed by atoms with Gasteiger partial charge >= 0.3 is 5.97 Å². The number of fused-ring (bicyclic) bond motifs is 2. The molecular formula is C26H38N4O7S. The second kappa shape index (κ2) is 16.0. The Bertz CT molecular complexity index is 1010. The molecule has 0 aliphatic carbocycles. The Morgan fingerprint density at radius 3 is 2.66 bits per heavy atom. The zero-order valence-corrected chi connectivity index (χ0v) is 23.1. The topological polar surface area (TPSA) is 157 Å². The molecule has 1 unspecified atom stereocenters. The molecule has 2 rings (SSSR count). The van der Waals surface area contributed by atoms with Gasteiger partial charge in [-0.1, -0.05) is 50.4 Å². The van der Waals surface area contributed by atoms with E-state index in [2.05, 4.69) is 27.9 Å². The van der Waals surface area contributed by atoms with Gasteiger partial charge in [0, 0.05) is 12.2 Å². The number of nitrogens with zero attached hydrogens (tertiary/aromatic N) is 1. The number of hydrogen-bond acceptors (Lipinski definition) is 9. The highest BCUT2D eigenvalue weighted by atomic mass is 32.2. The number of unbranched alkanes of at least 4 members (excludes halogenated alkanes) is 4. The molecule has 1 aromatic heterocycles. The lowest BCUT2D eigenvalue weighted by Crippen LogP contribution is -2.55. The lowest BCUT2D eigenvalue weighted by molar-refractivity contribution is -0.148. The quantitative estimate of drug-likeness (QED) is 0.226. The summed E-state index contributed by atoms with van der Waals surface area (Å²) in [6, 6.07) is 0. The molecule has 1 atom stereocenters. The number of amides is 3. The standard InChI is InChI=1S/C26H38N4O7S/c1-4-5-6-7-8-12-23(33)38-13-10-9-11-18-14-20(31)27-15-21-29-19(17-36-21)24(34)30-26(2,3)25(35)28-16-22(32)37-18/h9,11,17-18H,4-8,10,12-16H2,1-3H3,(H,27,31)(H,28,35)(H,30,34)/b11-9+. The molecule has 0 saturated heterocycles. The summed E-state index contributed by atoms with van der Waals surface area (Å²) < 4.78 is 10.6. The van der Waals surface area contributed by atoms with Crippen molar-refractivity contribution in [2.75, 3.05) is 12.3 Å². The van der Waals surface area contributed by atoms with Gasteiger partial charge in [0.2, 0.25) is 17.7 Å². The van der Waals surface area contributed by atoms with Crippen LogP contribution in [0.25, 0.3) is 0 Å². The third-order valence-electron chi connectivity index (χ3n) is 5.66. The van der Waals surface area contributed by atoms with Gasteiger partial charge in [0.05, 0.1) is 13.0 Å². The minimum atomic E-state index is -1.34. The highest BCUT2D eigenvalue weighted by Gasteiger charge is 2.31. The number of nitrogens with one attached hydrogen (secondary N) is 3. The van der Waals surface area contributed by atoms with E-state index in [4.69, 9.17) is 9.15 Å². The summed E-state index contributed by atoms with van der Waals surface area (Å²) in [4.78, 5) is 65.8. The summed E-state index contributed by atoms with van der Waals surface area (Å²) >= 11 is 1.27. The number of esters is 1. The van der Waals surface area contributed by atoms with Crippen LogP contribution in [0.2, 0.25) is 0 Å². The lowest BCUT2D eigenvalue weighted by Gasteiger charge is -2.24. The fourth-order valence-electron chi connectivity index (χ4n) is 3.50. The zero-order valence-electron chi connectivity index (χ0n) is 22.3. The summed E-state index contributed by atoms with van der Waals surface area (Å²) in [7, 11) is 0. The number of oxazole rings is 1. The minimum absolute atomic E-state index is 0.0460. The molecule has 2 bridgehead atoms. The van der Waals surface area contributed by atoms with E-state index in [0.717, 1.165) is 25.5 Å². The molecule has 11 nitrogen and oxygen atoms in total. The van der Waals surface area contributed by atoms with E-state index in [1.54, 1.807) is 12.2 Å². The van der Waals surface area contributed by atoms with Crippen LogP contribution in [0.3, 0.4) is 0 Å². The molecule has 0 fully saturated rings. The van der Waals surface area contributed by atoms with Crippen LogP contribution >= 0.6 is 11.8 Å². The van der Waals surface area contributed by atoms with Crippen LogP contribution in [-0.4, -0.2) is 57.7 Å². The number of carbonyl (C=O) groups is 5. The van der Waals surface area contributed by atoms with E-state index in [0.29, 0.717) is 18.6 Å². The summed E-state index contributed by atoms with van der Waals surface area (Å²) in [5.41, 5.74) is -1.39. The third kappa shape index (κ3) is 11.5. The van der Waals surface area contributed by atoms with Crippen molar-refractivity contribution < 1.29 is 33.1 Å². The second-order valence-corrected chi connectivity index (χ2v) is 10.7. The lowest BCUT2D eigenvalue weighted by atomic mass is 10.0. The van der Waals surface area contributed by atoms with Crippen LogP contribution in [0.4, 0.5) is 0 Å². The van der Waals surface area contributed by atoms with Crippen LogP contribution in [0.5, 0.6) is 0 Å². The van der Waals surface area contributed by atoms with E-state index >= 15 is 0 Å². The van der Waals surface area contributed by atoms with E-state index in [1.807, 2.05) is 0 Å². The number of allylic oxidation sites excluding steroid dienone is 1. The molecule has 12 heteroatoms. The fourth-order valence-corrected chi connectivity index (χ4v) is 4.27. The first-order chi connectivity index (χ1) is 18.1. The molecular weight excluding hydrogens is 512 g/mol. The van der Waals surface area contributed by atoms with Crippen LogP contribution in [-0.2, 0) is 30.5 Å². The maximum atomic E-state index is 12.5. The number of thioether (sulfide) groups is 1. The van der Waals surface area contributed by atoms with Gasteiger partial charge in [0.15, 0.2) is 10.8 Å². The Labute approximate surface area is 227 Å². The average molecular weight is 551 g/mol. The molecule has 1 aromatic rings. The van der Waals surface area contributed by atoms with Crippen molar-refractivity contribution in [2.24, 2.45) is 0 Å². The molecule has 0 radical (unpaired) electrons. The number of hydrogen-bond donors (Lipinski definition) is 3. The first-order valence-corrected chi connectivity index (χ1v) is 13.9. The number of cyclic esters (lactones) is 1. The van der Waals surface area contributed by atoms with Crippen LogP contribution < -0.4 is 16.0 Å². The van der Waals surface area contributed by atoms with Gasteiger partial charge in [0.25, 0.3) is 5.91 Å². The number of ether oxygens (including phenoxy) is 1. The largest absolute Gasteiger partial charge is 0.456 e. The molecule has 3 amide bonds. The number of aromatic nitrogens is 1. The van der Waals surface area contributed by atoms with Crippen molar-refractivity contribution in [1.29, 1.82) is 0 Å². The summed E-state index contributed by atoms with van der Waals surface area (Å²) in [5, 5.41) is 7.75. The van der Waals surface area contributed by atoms with Gasteiger partial charge in [-0.05, 0) is 32.8 Å². The monoisotopic (exact) mass is 550 g/mol. The normalized spacial score (nSPS) is 19.0. The van der Waals surface area contributed by atoms with Crippen molar-refractivity contribution in [3.63, 3.8) is 0 Å². The second-order valence-electron chi connectivity index (χ2n) is 9.50. The highest BCUT2D eigenvalue weighted by Crippen LogP contribution is 2.14. The first kappa shape index (κ1) is 31.1. The van der Waals surface area contributed by atoms with E-state index < -0.39 is 41.9 Å². The van der Waals surface area contributed by atoms with E-state index in [-0.39, 0.29) is 29.7 Å². The molecule has 1 aliphatic heterocycles. The maximum Gasteiger partial charge on any atom is 0.326 e. The van der Waals surface area contributed by atoms with E-state index in [9.17, 15) is 24.0 Å². The molecule has 0 aromatic carbocycles. The summed E-state index contributed by atoms with van der Waals surface area (Å²) in [6.07, 6.45) is 10.1. The number of carbonyl (C=O) groups excluding carboxylic acids is 5. The Morgan fingerprint density at radius 1 is 1.13 bits per heavy atom. The van der Waals surface area contributed by atoms with Gasteiger partial charge in [-0.25, -0.2) is 4.98 Å². The molecule has 38 heavy (non-hydrogen) atoms. The predicted octanol–water partition coefficient (Wildman–Crippen LogP) is 2.80. The maximum absolute atomic E-state index is 12.5. The molecule has 3 N–H and O–H groups in total. The summed E-state index contributed by atoms with van der Waals surface area (Å²) in [6.45, 7) is 4.60. The van der Waals surface area contributed by atoms with E-state index in [1.165, 1.54) is 38.5 Å².